The van der Waals surface area contributed by atoms with Crippen molar-refractivity contribution in [3.05, 3.63) is 63.6 Å². The Kier molecular flexibility index (Phi) is 9.53. The molecule has 0 aliphatic carbocycles. The van der Waals surface area contributed by atoms with Gasteiger partial charge < -0.3 is 10.0 Å². The number of rotatable bonds is 6. The number of carbonyl (C=O) groups is 1. The lowest BCUT2D eigenvalue weighted by Crippen LogP contribution is -2.31. The molecule has 0 radical (unpaired) electrons. The van der Waals surface area contributed by atoms with Gasteiger partial charge in [-0.3, -0.25) is 4.79 Å². The summed E-state index contributed by atoms with van der Waals surface area (Å²) in [7, 11) is 1.79. The van der Waals surface area contributed by atoms with E-state index in [1.54, 1.807) is 24.1 Å². The van der Waals surface area contributed by atoms with E-state index in [2.05, 4.69) is 0 Å². The molecule has 26 heavy (non-hydrogen) atoms. The van der Waals surface area contributed by atoms with Crippen LogP contribution in [0.3, 0.4) is 0 Å². The van der Waals surface area contributed by atoms with Gasteiger partial charge in [-0.15, -0.1) is 0 Å². The molecule has 2 rings (SSSR count). The van der Waals surface area contributed by atoms with E-state index in [0.717, 1.165) is 24.0 Å². The van der Waals surface area contributed by atoms with Crippen molar-refractivity contribution in [1.82, 2.24) is 4.90 Å². The Balaban J connectivity index is 0.00000163. The molecule has 0 bridgehead atoms. The molecule has 0 saturated carbocycles. The Bertz CT molecular complexity index is 702. The highest BCUT2D eigenvalue weighted by atomic mass is 35.5. The minimum Gasteiger partial charge on any atom is -0.506 e. The Morgan fingerprint density at radius 2 is 1.73 bits per heavy atom. The molecule has 1 amide bonds. The maximum atomic E-state index is 12.9. The van der Waals surface area contributed by atoms with Crippen LogP contribution in [0.2, 0.25) is 10.0 Å². The SMILES string of the molecule is CC.CCCC(C(=O)N(C)Cc1ccc(Cl)cc1)c1ccc(O)c(Cl)c1. The quantitative estimate of drug-likeness (QED) is 0.625. The van der Waals surface area contributed by atoms with Crippen LogP contribution in [0, 0.1) is 0 Å². The van der Waals surface area contributed by atoms with E-state index in [-0.39, 0.29) is 22.6 Å². The zero-order valence-electron chi connectivity index (χ0n) is 15.8. The number of halogens is 2. The molecule has 2 aromatic carbocycles. The lowest BCUT2D eigenvalue weighted by Gasteiger charge is -2.24. The van der Waals surface area contributed by atoms with Gasteiger partial charge in [-0.05, 0) is 41.8 Å². The molecule has 142 valence electrons. The standard InChI is InChI=1S/C19H21Cl2NO2.C2H6/c1-3-4-16(14-7-10-18(23)17(21)11-14)19(24)22(2)12-13-5-8-15(20)9-6-13;1-2/h5-11,16,23H,3-4,12H2,1-2H3;1-2H3. The number of hydrogen-bond acceptors (Lipinski definition) is 2. The molecular formula is C21H27Cl2NO2. The summed E-state index contributed by atoms with van der Waals surface area (Å²) < 4.78 is 0. The van der Waals surface area contributed by atoms with Gasteiger partial charge in [-0.2, -0.15) is 0 Å². The molecule has 0 aliphatic rings. The van der Waals surface area contributed by atoms with Crippen molar-refractivity contribution in [2.45, 2.75) is 46.1 Å². The fourth-order valence-electron chi connectivity index (χ4n) is 2.67. The van der Waals surface area contributed by atoms with Crippen molar-refractivity contribution in [2.75, 3.05) is 7.05 Å². The number of amides is 1. The highest BCUT2D eigenvalue weighted by molar-refractivity contribution is 6.32. The fourth-order valence-corrected chi connectivity index (χ4v) is 2.98. The smallest absolute Gasteiger partial charge is 0.230 e. The first kappa shape index (κ1) is 22.3. The third-order valence-electron chi connectivity index (χ3n) is 3.96. The minimum absolute atomic E-state index is 0.0256. The summed E-state index contributed by atoms with van der Waals surface area (Å²) in [5.41, 5.74) is 1.85. The largest absolute Gasteiger partial charge is 0.506 e. The molecule has 0 aliphatic heterocycles. The molecule has 0 spiro atoms. The number of benzene rings is 2. The van der Waals surface area contributed by atoms with Crippen molar-refractivity contribution >= 4 is 29.1 Å². The molecule has 3 nitrogen and oxygen atoms in total. The number of carbonyl (C=O) groups excluding carboxylic acids is 1. The molecular weight excluding hydrogens is 369 g/mol. The van der Waals surface area contributed by atoms with Crippen LogP contribution in [0.15, 0.2) is 42.5 Å². The van der Waals surface area contributed by atoms with Gasteiger partial charge >= 0.3 is 0 Å². The highest BCUT2D eigenvalue weighted by Gasteiger charge is 2.24. The van der Waals surface area contributed by atoms with Crippen LogP contribution in [0.4, 0.5) is 0 Å². The van der Waals surface area contributed by atoms with Crippen LogP contribution in [0.25, 0.3) is 0 Å². The number of hydrogen-bond donors (Lipinski definition) is 1. The number of phenols is 1. The van der Waals surface area contributed by atoms with Gasteiger partial charge in [-0.1, -0.05) is 68.6 Å². The lowest BCUT2D eigenvalue weighted by atomic mass is 9.93. The highest BCUT2D eigenvalue weighted by Crippen LogP contribution is 2.31. The van der Waals surface area contributed by atoms with Crippen LogP contribution in [0.5, 0.6) is 5.75 Å². The second kappa shape index (κ2) is 11.1. The van der Waals surface area contributed by atoms with Crippen LogP contribution in [-0.2, 0) is 11.3 Å². The second-order valence-electron chi connectivity index (χ2n) is 5.87. The summed E-state index contributed by atoms with van der Waals surface area (Å²) in [5.74, 6) is -0.211. The van der Waals surface area contributed by atoms with Crippen molar-refractivity contribution in [1.29, 1.82) is 0 Å². The van der Waals surface area contributed by atoms with Gasteiger partial charge in [0.05, 0.1) is 10.9 Å². The maximum absolute atomic E-state index is 12.9. The lowest BCUT2D eigenvalue weighted by molar-refractivity contribution is -0.132. The van der Waals surface area contributed by atoms with E-state index >= 15 is 0 Å². The Labute approximate surface area is 166 Å². The topological polar surface area (TPSA) is 40.5 Å². The average Bonchev–Trinajstić information content (AvgIpc) is 2.65. The van der Waals surface area contributed by atoms with Crippen molar-refractivity contribution in [3.63, 3.8) is 0 Å². The first-order valence-corrected chi connectivity index (χ1v) is 9.65. The van der Waals surface area contributed by atoms with Gasteiger partial charge in [0.15, 0.2) is 0 Å². The van der Waals surface area contributed by atoms with Crippen molar-refractivity contribution < 1.29 is 9.90 Å². The predicted octanol–water partition coefficient (Wildman–Crippen LogP) is 6.27. The summed E-state index contributed by atoms with van der Waals surface area (Å²) in [4.78, 5) is 14.6. The zero-order chi connectivity index (χ0) is 19.7. The third kappa shape index (κ3) is 6.22. The number of phenolic OH excluding ortho intramolecular Hbond substituents is 1. The van der Waals surface area contributed by atoms with E-state index in [1.807, 2.05) is 45.0 Å². The Hall–Kier alpha value is -1.71. The number of likely N-dealkylation sites (N-methyl/N-ethyl adjacent to an activating group) is 1. The molecule has 0 heterocycles. The van der Waals surface area contributed by atoms with Gasteiger partial charge in [0.1, 0.15) is 5.75 Å². The third-order valence-corrected chi connectivity index (χ3v) is 4.51. The second-order valence-corrected chi connectivity index (χ2v) is 6.72. The number of aromatic hydroxyl groups is 1. The van der Waals surface area contributed by atoms with Crippen LogP contribution >= 0.6 is 23.2 Å². The molecule has 1 atom stereocenters. The predicted molar refractivity (Wildman–Crippen MR) is 110 cm³/mol. The molecule has 5 heteroatoms. The van der Waals surface area contributed by atoms with Gasteiger partial charge in [-0.25, -0.2) is 0 Å². The van der Waals surface area contributed by atoms with Crippen molar-refractivity contribution in [2.24, 2.45) is 0 Å². The zero-order valence-corrected chi connectivity index (χ0v) is 17.3. The van der Waals surface area contributed by atoms with Gasteiger partial charge in [0, 0.05) is 18.6 Å². The molecule has 0 saturated heterocycles. The normalized spacial score (nSPS) is 11.3. The summed E-state index contributed by atoms with van der Waals surface area (Å²) in [6.07, 6.45) is 1.61. The summed E-state index contributed by atoms with van der Waals surface area (Å²) in [6, 6.07) is 12.4. The molecule has 1 unspecified atom stereocenters. The molecule has 0 aromatic heterocycles. The summed E-state index contributed by atoms with van der Waals surface area (Å²) in [5, 5.41) is 10.5. The first-order chi connectivity index (χ1) is 12.4. The van der Waals surface area contributed by atoms with Crippen LogP contribution < -0.4 is 0 Å². The average molecular weight is 396 g/mol. The monoisotopic (exact) mass is 395 g/mol. The minimum atomic E-state index is -0.273. The molecule has 0 fully saturated rings. The van der Waals surface area contributed by atoms with E-state index < -0.39 is 0 Å². The van der Waals surface area contributed by atoms with E-state index in [4.69, 9.17) is 23.2 Å². The summed E-state index contributed by atoms with van der Waals surface area (Å²) >= 11 is 11.9. The maximum Gasteiger partial charge on any atom is 0.230 e. The molecule has 1 N–H and O–H groups in total. The van der Waals surface area contributed by atoms with Crippen LogP contribution in [-0.4, -0.2) is 23.0 Å². The van der Waals surface area contributed by atoms with Gasteiger partial charge in [0.2, 0.25) is 5.91 Å². The van der Waals surface area contributed by atoms with Crippen molar-refractivity contribution in [3.8, 4) is 5.75 Å². The Morgan fingerprint density at radius 3 is 2.27 bits per heavy atom. The molecule has 2 aromatic rings. The van der Waals surface area contributed by atoms with E-state index in [0.29, 0.717) is 11.6 Å². The number of nitrogens with zero attached hydrogens (tertiary/aromatic N) is 1. The summed E-state index contributed by atoms with van der Waals surface area (Å²) in [6.45, 7) is 6.56. The first-order valence-electron chi connectivity index (χ1n) is 8.90. The van der Waals surface area contributed by atoms with Gasteiger partial charge in [0.25, 0.3) is 0 Å². The Morgan fingerprint density at radius 1 is 1.12 bits per heavy atom. The van der Waals surface area contributed by atoms with E-state index in [9.17, 15) is 9.90 Å². The van der Waals surface area contributed by atoms with E-state index in [1.165, 1.54) is 6.07 Å². The fraction of sp³-hybridized carbons (Fsp3) is 0.381. The van der Waals surface area contributed by atoms with Crippen LogP contribution in [0.1, 0.15) is 50.7 Å².